The first-order valence-electron chi connectivity index (χ1n) is 6.72. The van der Waals surface area contributed by atoms with Crippen molar-refractivity contribution in [2.24, 2.45) is 0 Å². The van der Waals surface area contributed by atoms with Gasteiger partial charge in [-0.2, -0.15) is 0 Å². The standard InChI is InChI=1S/C15H21F2NO/c1-4-5-6-7-11(3)18-15(19)13-12(16)9-8-10(2)14(13)17/h8-9,11H,4-7H2,1-3H3,(H,18,19). The van der Waals surface area contributed by atoms with E-state index in [4.69, 9.17) is 0 Å². The summed E-state index contributed by atoms with van der Waals surface area (Å²) in [5.41, 5.74) is -0.215. The fraction of sp³-hybridized carbons (Fsp3) is 0.533. The summed E-state index contributed by atoms with van der Waals surface area (Å²) in [5, 5.41) is 2.65. The average Bonchev–Trinajstić information content (AvgIpc) is 2.34. The monoisotopic (exact) mass is 269 g/mol. The van der Waals surface area contributed by atoms with Crippen LogP contribution in [0.1, 0.15) is 55.5 Å². The minimum atomic E-state index is -0.818. The van der Waals surface area contributed by atoms with Crippen molar-refractivity contribution in [3.63, 3.8) is 0 Å². The fourth-order valence-electron chi connectivity index (χ4n) is 1.93. The zero-order chi connectivity index (χ0) is 14.4. The predicted octanol–water partition coefficient (Wildman–Crippen LogP) is 3.97. The summed E-state index contributed by atoms with van der Waals surface area (Å²) >= 11 is 0. The smallest absolute Gasteiger partial charge is 0.257 e. The van der Waals surface area contributed by atoms with Crippen LogP contribution >= 0.6 is 0 Å². The first-order chi connectivity index (χ1) is 8.97. The summed E-state index contributed by atoms with van der Waals surface area (Å²) in [6.45, 7) is 5.45. The first-order valence-corrected chi connectivity index (χ1v) is 6.72. The predicted molar refractivity (Wildman–Crippen MR) is 72.2 cm³/mol. The van der Waals surface area contributed by atoms with Crippen LogP contribution in [0.15, 0.2) is 12.1 Å². The van der Waals surface area contributed by atoms with E-state index in [2.05, 4.69) is 12.2 Å². The van der Waals surface area contributed by atoms with Crippen LogP contribution < -0.4 is 5.32 Å². The summed E-state index contributed by atoms with van der Waals surface area (Å²) in [6, 6.07) is 2.36. The van der Waals surface area contributed by atoms with Gasteiger partial charge in [0.25, 0.3) is 5.91 Å². The molecule has 1 unspecified atom stereocenters. The highest BCUT2D eigenvalue weighted by Crippen LogP contribution is 2.16. The Hall–Kier alpha value is -1.45. The van der Waals surface area contributed by atoms with Gasteiger partial charge < -0.3 is 5.32 Å². The summed E-state index contributed by atoms with van der Waals surface area (Å²) in [4.78, 5) is 11.9. The lowest BCUT2D eigenvalue weighted by Crippen LogP contribution is -2.33. The third kappa shape index (κ3) is 4.30. The molecule has 2 nitrogen and oxygen atoms in total. The molecular formula is C15H21F2NO. The number of benzene rings is 1. The fourth-order valence-corrected chi connectivity index (χ4v) is 1.93. The molecule has 1 atom stereocenters. The molecule has 0 aliphatic rings. The Morgan fingerprint density at radius 1 is 1.32 bits per heavy atom. The van der Waals surface area contributed by atoms with Crippen LogP contribution in [0.3, 0.4) is 0 Å². The number of unbranched alkanes of at least 4 members (excludes halogenated alkanes) is 2. The second-order valence-electron chi connectivity index (χ2n) is 4.92. The Morgan fingerprint density at radius 2 is 2.00 bits per heavy atom. The molecule has 1 N–H and O–H groups in total. The zero-order valence-corrected chi connectivity index (χ0v) is 11.7. The number of carbonyl (C=O) groups excluding carboxylic acids is 1. The Labute approximate surface area is 113 Å². The Kier molecular flexibility index (Phi) is 5.93. The zero-order valence-electron chi connectivity index (χ0n) is 11.7. The van der Waals surface area contributed by atoms with Crippen LogP contribution in [0, 0.1) is 18.6 Å². The molecule has 0 spiro atoms. The van der Waals surface area contributed by atoms with Crippen LogP contribution in [0.25, 0.3) is 0 Å². The van der Waals surface area contributed by atoms with Gasteiger partial charge in [0.2, 0.25) is 0 Å². The maximum absolute atomic E-state index is 13.8. The molecule has 0 heterocycles. The topological polar surface area (TPSA) is 29.1 Å². The molecule has 1 rings (SSSR count). The van der Waals surface area contributed by atoms with Gasteiger partial charge in [0, 0.05) is 6.04 Å². The lowest BCUT2D eigenvalue weighted by atomic mass is 10.1. The van der Waals surface area contributed by atoms with E-state index < -0.39 is 23.1 Å². The number of carbonyl (C=O) groups is 1. The van der Waals surface area contributed by atoms with Crippen LogP contribution in [0.5, 0.6) is 0 Å². The molecule has 19 heavy (non-hydrogen) atoms. The highest BCUT2D eigenvalue weighted by molar-refractivity contribution is 5.95. The SMILES string of the molecule is CCCCCC(C)NC(=O)c1c(F)ccc(C)c1F. The van der Waals surface area contributed by atoms with E-state index >= 15 is 0 Å². The van der Waals surface area contributed by atoms with Crippen molar-refractivity contribution in [2.45, 2.75) is 52.5 Å². The first kappa shape index (κ1) is 15.6. The number of rotatable bonds is 6. The summed E-state index contributed by atoms with van der Waals surface area (Å²) < 4.78 is 27.3. The second kappa shape index (κ2) is 7.22. The van der Waals surface area contributed by atoms with Gasteiger partial charge in [0.15, 0.2) is 0 Å². The van der Waals surface area contributed by atoms with Gasteiger partial charge in [-0.3, -0.25) is 4.79 Å². The van der Waals surface area contributed by atoms with Gasteiger partial charge in [0.1, 0.15) is 17.2 Å². The molecule has 106 valence electrons. The lowest BCUT2D eigenvalue weighted by Gasteiger charge is -2.14. The Bertz CT molecular complexity index is 446. The molecule has 0 saturated carbocycles. The van der Waals surface area contributed by atoms with Crippen molar-refractivity contribution >= 4 is 5.91 Å². The Balaban J connectivity index is 2.71. The van der Waals surface area contributed by atoms with Crippen molar-refractivity contribution in [3.8, 4) is 0 Å². The van der Waals surface area contributed by atoms with E-state index in [9.17, 15) is 13.6 Å². The van der Waals surface area contributed by atoms with E-state index in [1.165, 1.54) is 13.0 Å². The largest absolute Gasteiger partial charge is 0.349 e. The maximum atomic E-state index is 13.8. The molecule has 1 amide bonds. The highest BCUT2D eigenvalue weighted by Gasteiger charge is 2.20. The molecule has 4 heteroatoms. The van der Waals surface area contributed by atoms with Gasteiger partial charge in [0.05, 0.1) is 0 Å². The molecule has 1 aromatic carbocycles. The number of aryl methyl sites for hydroxylation is 1. The van der Waals surface area contributed by atoms with E-state index in [-0.39, 0.29) is 11.6 Å². The third-order valence-corrected chi connectivity index (χ3v) is 3.13. The van der Waals surface area contributed by atoms with Crippen LogP contribution in [-0.4, -0.2) is 11.9 Å². The molecule has 0 saturated heterocycles. The van der Waals surface area contributed by atoms with E-state index in [0.717, 1.165) is 31.7 Å². The van der Waals surface area contributed by atoms with Gasteiger partial charge in [-0.05, 0) is 31.9 Å². The van der Waals surface area contributed by atoms with Crippen molar-refractivity contribution in [1.82, 2.24) is 5.32 Å². The van der Waals surface area contributed by atoms with E-state index in [1.807, 2.05) is 6.92 Å². The summed E-state index contributed by atoms with van der Waals surface area (Å²) in [5.74, 6) is -2.28. The molecule has 0 radical (unpaired) electrons. The number of hydrogen-bond acceptors (Lipinski definition) is 1. The number of amides is 1. The summed E-state index contributed by atoms with van der Waals surface area (Å²) in [6.07, 6.45) is 4.00. The van der Waals surface area contributed by atoms with Gasteiger partial charge in [-0.15, -0.1) is 0 Å². The molecular weight excluding hydrogens is 248 g/mol. The Morgan fingerprint density at radius 3 is 2.63 bits per heavy atom. The van der Waals surface area contributed by atoms with Crippen molar-refractivity contribution in [1.29, 1.82) is 0 Å². The molecule has 0 aromatic heterocycles. The van der Waals surface area contributed by atoms with Crippen LogP contribution in [-0.2, 0) is 0 Å². The molecule has 0 bridgehead atoms. The number of nitrogens with one attached hydrogen (secondary N) is 1. The molecule has 0 fully saturated rings. The lowest BCUT2D eigenvalue weighted by molar-refractivity contribution is 0.0929. The summed E-state index contributed by atoms with van der Waals surface area (Å²) in [7, 11) is 0. The van der Waals surface area contributed by atoms with E-state index in [1.54, 1.807) is 0 Å². The van der Waals surface area contributed by atoms with Gasteiger partial charge in [-0.1, -0.05) is 32.3 Å². The minimum absolute atomic E-state index is 0.0848. The van der Waals surface area contributed by atoms with E-state index in [0.29, 0.717) is 0 Å². The second-order valence-corrected chi connectivity index (χ2v) is 4.92. The molecule has 0 aliphatic carbocycles. The number of halogens is 2. The van der Waals surface area contributed by atoms with Gasteiger partial charge >= 0.3 is 0 Å². The van der Waals surface area contributed by atoms with Crippen molar-refractivity contribution in [2.75, 3.05) is 0 Å². The van der Waals surface area contributed by atoms with Crippen LogP contribution in [0.4, 0.5) is 8.78 Å². The van der Waals surface area contributed by atoms with Crippen LogP contribution in [0.2, 0.25) is 0 Å². The minimum Gasteiger partial charge on any atom is -0.349 e. The van der Waals surface area contributed by atoms with Gasteiger partial charge in [-0.25, -0.2) is 8.78 Å². The quantitative estimate of drug-likeness (QED) is 0.778. The normalized spacial score (nSPS) is 12.3. The average molecular weight is 269 g/mol. The van der Waals surface area contributed by atoms with Crippen molar-refractivity contribution in [3.05, 3.63) is 34.9 Å². The third-order valence-electron chi connectivity index (χ3n) is 3.13. The maximum Gasteiger partial charge on any atom is 0.257 e. The van der Waals surface area contributed by atoms with Crippen molar-refractivity contribution < 1.29 is 13.6 Å². The highest BCUT2D eigenvalue weighted by atomic mass is 19.1. The number of hydrogen-bond donors (Lipinski definition) is 1. The molecule has 0 aliphatic heterocycles. The molecule has 1 aromatic rings.